The smallest absolute Gasteiger partial charge is 0.375 e. The van der Waals surface area contributed by atoms with Crippen LogP contribution in [0.4, 0.5) is 0 Å². The minimum Gasteiger partial charge on any atom is -0.375 e. The van der Waals surface area contributed by atoms with E-state index in [9.17, 15) is 0 Å². The van der Waals surface area contributed by atoms with Crippen LogP contribution in [-0.4, -0.2) is 64.7 Å². The van der Waals surface area contributed by atoms with E-state index in [4.69, 9.17) is 38.2 Å². The van der Waals surface area contributed by atoms with Crippen LogP contribution in [0.25, 0.3) is 0 Å². The van der Waals surface area contributed by atoms with Crippen LogP contribution in [0.15, 0.2) is 0 Å². The minimum atomic E-state index is -3.14. The summed E-state index contributed by atoms with van der Waals surface area (Å²) in [4.78, 5) is 0. The van der Waals surface area contributed by atoms with Gasteiger partial charge in [0, 0.05) is 48.0 Å². The van der Waals surface area contributed by atoms with Crippen molar-refractivity contribution >= 4 is 28.2 Å². The van der Waals surface area contributed by atoms with Gasteiger partial charge in [0.1, 0.15) is 0 Å². The molecule has 18 heavy (non-hydrogen) atoms. The Labute approximate surface area is 116 Å². The lowest BCUT2D eigenvalue weighted by Crippen LogP contribution is -2.72. The van der Waals surface area contributed by atoms with Crippen LogP contribution in [0, 0.1) is 0 Å². The fourth-order valence-corrected chi connectivity index (χ4v) is 9.09. The first-order valence-corrected chi connectivity index (χ1v) is 10.6. The van der Waals surface area contributed by atoms with Gasteiger partial charge in [0.2, 0.25) is 0 Å². The lowest BCUT2D eigenvalue weighted by Gasteiger charge is -2.36. The molecule has 0 aromatic heterocycles. The van der Waals surface area contributed by atoms with Gasteiger partial charge in [-0.15, -0.1) is 11.6 Å². The number of unbranched alkanes of at least 4 members (excludes halogenated alkanes) is 1. The minimum absolute atomic E-state index is 0.464. The fraction of sp³-hybridized carbons (Fsp3) is 1.00. The number of rotatable bonds is 11. The molecule has 0 aliphatic rings. The Morgan fingerprint density at radius 2 is 1.17 bits per heavy atom. The Morgan fingerprint density at radius 3 is 1.50 bits per heavy atom. The fourth-order valence-electron chi connectivity index (χ4n) is 1.57. The van der Waals surface area contributed by atoms with Crippen LogP contribution in [0.3, 0.4) is 0 Å². The highest BCUT2D eigenvalue weighted by Gasteiger charge is 2.70. The maximum atomic E-state index is 5.79. The van der Waals surface area contributed by atoms with E-state index < -0.39 is 16.6 Å². The van der Waals surface area contributed by atoms with E-state index in [-0.39, 0.29) is 0 Å². The molecule has 0 saturated heterocycles. The maximum absolute atomic E-state index is 5.79. The molecule has 0 aliphatic carbocycles. The van der Waals surface area contributed by atoms with Gasteiger partial charge in [-0.05, 0) is 12.8 Å². The van der Waals surface area contributed by atoms with E-state index in [0.29, 0.717) is 12.5 Å². The van der Waals surface area contributed by atoms with Crippen LogP contribution < -0.4 is 0 Å². The van der Waals surface area contributed by atoms with Crippen LogP contribution in [0.1, 0.15) is 12.8 Å². The van der Waals surface area contributed by atoms with Crippen LogP contribution in [0.2, 0.25) is 0 Å². The second kappa shape index (κ2) is 9.40. The van der Waals surface area contributed by atoms with Crippen LogP contribution in [-0.2, 0) is 26.6 Å². The Bertz CT molecular complexity index is 205. The number of halogens is 1. The van der Waals surface area contributed by atoms with Crippen molar-refractivity contribution < 1.29 is 26.6 Å². The number of alkyl halides is 1. The summed E-state index contributed by atoms with van der Waals surface area (Å²) in [5.41, 5.74) is 0. The van der Waals surface area contributed by atoms with E-state index in [0.717, 1.165) is 12.8 Å². The predicted octanol–water partition coefficient (Wildman–Crippen LogP) is 1.21. The third-order valence-corrected chi connectivity index (χ3v) is 12.6. The first-order chi connectivity index (χ1) is 8.61. The van der Waals surface area contributed by atoms with E-state index in [1.54, 1.807) is 0 Å². The number of hydrogen-bond acceptors (Lipinski definition) is 6. The van der Waals surface area contributed by atoms with Gasteiger partial charge in [-0.25, -0.2) is 0 Å². The molecule has 9 heteroatoms. The molecule has 6 nitrogen and oxygen atoms in total. The third kappa shape index (κ3) is 3.99. The second-order valence-electron chi connectivity index (χ2n) is 3.38. The molecule has 0 spiro atoms. The molecule has 0 bridgehead atoms. The molecular formula is C9H23ClO6Si2. The standard InChI is InChI=1S/C9H23ClO6Si2/c1-11-17(12-2,13-3)18(14-4,15-5)16-9-7-6-8-10/h6-9H2,1-5H3. The van der Waals surface area contributed by atoms with Gasteiger partial charge in [0.25, 0.3) is 0 Å². The lowest BCUT2D eigenvalue weighted by atomic mass is 10.4. The zero-order valence-corrected chi connectivity index (χ0v) is 14.4. The van der Waals surface area contributed by atoms with Gasteiger partial charge >= 0.3 is 16.6 Å². The summed E-state index contributed by atoms with van der Waals surface area (Å²) in [5, 5.41) is 0. The first kappa shape index (κ1) is 18.5. The summed E-state index contributed by atoms with van der Waals surface area (Å²) in [7, 11) is 1.26. The monoisotopic (exact) mass is 318 g/mol. The maximum Gasteiger partial charge on any atom is 0.577 e. The molecule has 0 atom stereocenters. The van der Waals surface area contributed by atoms with Gasteiger partial charge in [-0.1, -0.05) is 0 Å². The zero-order chi connectivity index (χ0) is 14.1. The summed E-state index contributed by atoms with van der Waals surface area (Å²) in [6.45, 7) is 0.464. The van der Waals surface area contributed by atoms with Crippen molar-refractivity contribution in [3.8, 4) is 0 Å². The van der Waals surface area contributed by atoms with Crippen molar-refractivity contribution in [2.45, 2.75) is 12.8 Å². The van der Waals surface area contributed by atoms with Gasteiger partial charge in [0.05, 0.1) is 0 Å². The average molecular weight is 319 g/mol. The molecule has 0 unspecified atom stereocenters. The van der Waals surface area contributed by atoms with Crippen molar-refractivity contribution in [1.29, 1.82) is 0 Å². The SMILES string of the molecule is CO[Si](OC)(OC)[Si](OC)(OC)OCCCCCl. The van der Waals surface area contributed by atoms with Crippen LogP contribution in [0.5, 0.6) is 0 Å². The second-order valence-corrected chi connectivity index (χ2v) is 12.0. The van der Waals surface area contributed by atoms with Gasteiger partial charge in [-0.2, -0.15) is 0 Å². The quantitative estimate of drug-likeness (QED) is 0.324. The molecule has 0 fully saturated rings. The van der Waals surface area contributed by atoms with Crippen molar-refractivity contribution in [3.05, 3.63) is 0 Å². The number of hydrogen-bond donors (Lipinski definition) is 0. The van der Waals surface area contributed by atoms with Crippen molar-refractivity contribution in [2.24, 2.45) is 0 Å². The molecule has 0 radical (unpaired) electrons. The van der Waals surface area contributed by atoms with Crippen molar-refractivity contribution in [3.63, 3.8) is 0 Å². The molecule has 110 valence electrons. The van der Waals surface area contributed by atoms with E-state index >= 15 is 0 Å². The third-order valence-electron chi connectivity index (χ3n) is 2.54. The molecular weight excluding hydrogens is 296 g/mol. The zero-order valence-electron chi connectivity index (χ0n) is 11.7. The highest BCUT2D eigenvalue weighted by molar-refractivity contribution is 7.26. The topological polar surface area (TPSA) is 55.4 Å². The van der Waals surface area contributed by atoms with E-state index in [1.165, 1.54) is 35.5 Å². The molecule has 0 amide bonds. The Morgan fingerprint density at radius 1 is 0.722 bits per heavy atom. The molecule has 0 N–H and O–H groups in total. The summed E-state index contributed by atoms with van der Waals surface area (Å²) in [5.74, 6) is 0.597. The molecule has 0 saturated carbocycles. The van der Waals surface area contributed by atoms with Gasteiger partial charge in [-0.3, -0.25) is 0 Å². The summed E-state index contributed by atoms with van der Waals surface area (Å²) in [6.07, 6.45) is 1.67. The Hall–Kier alpha value is 0.484. The summed E-state index contributed by atoms with van der Waals surface area (Å²) in [6, 6.07) is 0. The van der Waals surface area contributed by atoms with Gasteiger partial charge in [0.15, 0.2) is 0 Å². The lowest BCUT2D eigenvalue weighted by molar-refractivity contribution is 0.0587. The van der Waals surface area contributed by atoms with Crippen LogP contribution >= 0.6 is 11.6 Å². The predicted molar refractivity (Wildman–Crippen MR) is 72.5 cm³/mol. The summed E-state index contributed by atoms with van der Waals surface area (Å²) < 4.78 is 32.9. The Kier molecular flexibility index (Phi) is 9.65. The molecule has 0 aliphatic heterocycles. The van der Waals surface area contributed by atoms with Crippen molar-refractivity contribution in [2.75, 3.05) is 48.0 Å². The molecule has 0 rings (SSSR count). The molecule has 0 aromatic rings. The first-order valence-electron chi connectivity index (χ1n) is 5.57. The normalized spacial score (nSPS) is 13.0. The average Bonchev–Trinajstić information content (AvgIpc) is 2.43. The van der Waals surface area contributed by atoms with Gasteiger partial charge < -0.3 is 26.6 Å². The Balaban J connectivity index is 4.86. The van der Waals surface area contributed by atoms with E-state index in [1.807, 2.05) is 0 Å². The highest BCUT2D eigenvalue weighted by Crippen LogP contribution is 2.24. The largest absolute Gasteiger partial charge is 0.577 e. The van der Waals surface area contributed by atoms with E-state index in [2.05, 4.69) is 0 Å². The molecule has 0 aromatic carbocycles. The summed E-state index contributed by atoms with van der Waals surface area (Å²) >= 11 is 5.62. The van der Waals surface area contributed by atoms with Crippen molar-refractivity contribution in [1.82, 2.24) is 0 Å². The highest BCUT2D eigenvalue weighted by atomic mass is 35.5. The molecule has 0 heterocycles.